The van der Waals surface area contributed by atoms with Crippen molar-refractivity contribution >= 4 is 25.2 Å². The number of fused-ring (bicyclic) bond motifs is 1. The molecule has 4 rings (SSSR count). The van der Waals surface area contributed by atoms with Crippen molar-refractivity contribution in [2.24, 2.45) is 0 Å². The number of cyclic esters (lactones) is 1. The number of ether oxygens (including phenoxy) is 1. The molecule has 5 nitrogen and oxygen atoms in total. The Balaban J connectivity index is 2.12. The van der Waals surface area contributed by atoms with E-state index < -0.39 is 18.9 Å². The van der Waals surface area contributed by atoms with E-state index in [4.69, 9.17) is 13.8 Å². The molecule has 0 aliphatic carbocycles. The second-order valence-electron chi connectivity index (χ2n) is 7.25. The van der Waals surface area contributed by atoms with Crippen molar-refractivity contribution in [1.29, 1.82) is 0 Å². The standard InChI is InChI=1S/C26H25O5P/c1-3-29-32(28,30-4-2)26(21-15-9-6-10-16-21)24(19-20-13-7-5-8-14-20)22-17-11-12-18-23(22)25(27)31-26/h5-19H,3-4H2,1-2H3/b24-19+/t26-/m0/s1. The Kier molecular flexibility index (Phi) is 6.43. The Bertz CT molecular complexity index is 1160. The first-order valence-electron chi connectivity index (χ1n) is 10.6. The molecule has 1 atom stereocenters. The van der Waals surface area contributed by atoms with E-state index in [0.29, 0.717) is 22.3 Å². The van der Waals surface area contributed by atoms with E-state index in [1.165, 1.54) is 0 Å². The number of hydrogen-bond donors (Lipinski definition) is 0. The predicted octanol–water partition coefficient (Wildman–Crippen LogP) is 6.52. The van der Waals surface area contributed by atoms with Crippen molar-refractivity contribution in [3.8, 4) is 0 Å². The van der Waals surface area contributed by atoms with Crippen LogP contribution in [0.4, 0.5) is 0 Å². The maximum absolute atomic E-state index is 14.5. The van der Waals surface area contributed by atoms with Gasteiger partial charge in [0.25, 0.3) is 5.34 Å². The Labute approximate surface area is 188 Å². The van der Waals surface area contributed by atoms with Crippen LogP contribution in [-0.4, -0.2) is 19.2 Å². The van der Waals surface area contributed by atoms with Gasteiger partial charge in [-0.25, -0.2) is 4.79 Å². The molecule has 3 aromatic rings. The van der Waals surface area contributed by atoms with Crippen molar-refractivity contribution in [1.82, 2.24) is 0 Å². The molecular formula is C26H25O5P. The molecule has 0 N–H and O–H groups in total. The molecule has 32 heavy (non-hydrogen) atoms. The van der Waals surface area contributed by atoms with E-state index in [1.807, 2.05) is 66.7 Å². The van der Waals surface area contributed by atoms with Gasteiger partial charge in [0, 0.05) is 11.1 Å². The summed E-state index contributed by atoms with van der Waals surface area (Å²) in [5.74, 6) is -0.575. The fourth-order valence-corrected chi connectivity index (χ4v) is 6.27. The molecular weight excluding hydrogens is 423 g/mol. The van der Waals surface area contributed by atoms with Crippen LogP contribution in [0.25, 0.3) is 11.6 Å². The average Bonchev–Trinajstić information content (AvgIpc) is 2.82. The van der Waals surface area contributed by atoms with Gasteiger partial charge in [-0.05, 0) is 37.1 Å². The Morgan fingerprint density at radius 1 is 0.812 bits per heavy atom. The van der Waals surface area contributed by atoms with Crippen LogP contribution < -0.4 is 0 Å². The van der Waals surface area contributed by atoms with Crippen LogP contribution in [0.15, 0.2) is 84.9 Å². The van der Waals surface area contributed by atoms with Crippen molar-refractivity contribution < 1.29 is 23.1 Å². The molecule has 164 valence electrons. The lowest BCUT2D eigenvalue weighted by molar-refractivity contribution is 0.0167. The lowest BCUT2D eigenvalue weighted by Gasteiger charge is -2.43. The van der Waals surface area contributed by atoms with Crippen LogP contribution in [0.3, 0.4) is 0 Å². The molecule has 1 heterocycles. The summed E-state index contributed by atoms with van der Waals surface area (Å²) < 4.78 is 32.2. The minimum Gasteiger partial charge on any atom is -0.432 e. The second-order valence-corrected chi connectivity index (χ2v) is 9.39. The number of hydrogen-bond acceptors (Lipinski definition) is 5. The van der Waals surface area contributed by atoms with E-state index >= 15 is 0 Å². The fourth-order valence-electron chi connectivity index (χ4n) is 4.01. The van der Waals surface area contributed by atoms with Gasteiger partial charge in [-0.1, -0.05) is 78.9 Å². The van der Waals surface area contributed by atoms with E-state index in [9.17, 15) is 9.36 Å². The van der Waals surface area contributed by atoms with Gasteiger partial charge in [0.1, 0.15) is 0 Å². The number of rotatable bonds is 7. The van der Waals surface area contributed by atoms with Crippen molar-refractivity contribution in [3.63, 3.8) is 0 Å². The summed E-state index contributed by atoms with van der Waals surface area (Å²) in [6.45, 7) is 3.74. The molecule has 0 saturated carbocycles. The van der Waals surface area contributed by atoms with Crippen LogP contribution in [0, 0.1) is 0 Å². The molecule has 0 bridgehead atoms. The van der Waals surface area contributed by atoms with Gasteiger partial charge in [-0.3, -0.25) is 4.57 Å². The topological polar surface area (TPSA) is 61.8 Å². The first kappa shape index (κ1) is 22.2. The van der Waals surface area contributed by atoms with E-state index in [-0.39, 0.29) is 13.2 Å². The lowest BCUT2D eigenvalue weighted by Crippen LogP contribution is -2.39. The van der Waals surface area contributed by atoms with Gasteiger partial charge in [0.2, 0.25) is 0 Å². The summed E-state index contributed by atoms with van der Waals surface area (Å²) in [5.41, 5.74) is 2.98. The summed E-state index contributed by atoms with van der Waals surface area (Å²) in [5, 5.41) is -1.76. The van der Waals surface area contributed by atoms with Gasteiger partial charge in [-0.2, -0.15) is 0 Å². The third kappa shape index (κ3) is 3.73. The SMILES string of the molecule is CCOP(=O)(OCC)[C@]1(c2ccccc2)OC(=O)c2ccccc2/C1=C\c1ccccc1. The maximum atomic E-state index is 14.5. The maximum Gasteiger partial charge on any atom is 0.383 e. The molecule has 0 unspecified atom stereocenters. The summed E-state index contributed by atoms with van der Waals surface area (Å²) >= 11 is 0. The first-order valence-corrected chi connectivity index (χ1v) is 12.1. The minimum absolute atomic E-state index is 0.129. The van der Waals surface area contributed by atoms with Gasteiger partial charge >= 0.3 is 13.6 Å². The number of carbonyl (C=O) groups excluding carboxylic acids is 1. The monoisotopic (exact) mass is 448 g/mol. The summed E-state index contributed by atoms with van der Waals surface area (Å²) in [6, 6.07) is 25.8. The fraction of sp³-hybridized carbons (Fsp3) is 0.192. The van der Waals surface area contributed by atoms with E-state index in [1.54, 1.807) is 38.1 Å². The van der Waals surface area contributed by atoms with Crippen LogP contribution in [0.1, 0.15) is 40.9 Å². The Morgan fingerprint density at radius 2 is 1.34 bits per heavy atom. The zero-order chi connectivity index (χ0) is 22.6. The van der Waals surface area contributed by atoms with Crippen molar-refractivity contribution in [2.75, 3.05) is 13.2 Å². The van der Waals surface area contributed by atoms with Crippen LogP contribution >= 0.6 is 7.60 Å². The van der Waals surface area contributed by atoms with Crippen LogP contribution in [0.2, 0.25) is 0 Å². The minimum atomic E-state index is -4.05. The van der Waals surface area contributed by atoms with Crippen LogP contribution in [-0.2, 0) is 23.7 Å². The Morgan fingerprint density at radius 3 is 1.94 bits per heavy atom. The van der Waals surface area contributed by atoms with Crippen molar-refractivity contribution in [3.05, 3.63) is 107 Å². The highest BCUT2D eigenvalue weighted by molar-refractivity contribution is 7.55. The second kappa shape index (κ2) is 9.25. The molecule has 0 radical (unpaired) electrons. The Hall–Kier alpha value is -2.98. The molecule has 0 aromatic heterocycles. The number of esters is 1. The zero-order valence-corrected chi connectivity index (χ0v) is 19.0. The molecule has 6 heteroatoms. The highest BCUT2D eigenvalue weighted by Crippen LogP contribution is 2.71. The zero-order valence-electron chi connectivity index (χ0n) is 18.1. The summed E-state index contributed by atoms with van der Waals surface area (Å²) in [7, 11) is -4.05. The summed E-state index contributed by atoms with van der Waals surface area (Å²) in [6.07, 6.45) is 1.89. The number of benzene rings is 3. The highest BCUT2D eigenvalue weighted by atomic mass is 31.2. The van der Waals surface area contributed by atoms with E-state index in [2.05, 4.69) is 0 Å². The molecule has 0 saturated heterocycles. The normalized spacial score (nSPS) is 19.4. The molecule has 0 spiro atoms. The smallest absolute Gasteiger partial charge is 0.383 e. The lowest BCUT2D eigenvalue weighted by atomic mass is 9.87. The third-order valence-electron chi connectivity index (χ3n) is 5.30. The third-order valence-corrected chi connectivity index (χ3v) is 7.86. The summed E-state index contributed by atoms with van der Waals surface area (Å²) in [4.78, 5) is 13.2. The van der Waals surface area contributed by atoms with Gasteiger partial charge < -0.3 is 13.8 Å². The molecule has 0 fully saturated rings. The van der Waals surface area contributed by atoms with Gasteiger partial charge in [-0.15, -0.1) is 0 Å². The largest absolute Gasteiger partial charge is 0.432 e. The highest BCUT2D eigenvalue weighted by Gasteiger charge is 2.61. The predicted molar refractivity (Wildman–Crippen MR) is 125 cm³/mol. The van der Waals surface area contributed by atoms with Gasteiger partial charge in [0.05, 0.1) is 18.8 Å². The van der Waals surface area contributed by atoms with Gasteiger partial charge in [0.15, 0.2) is 0 Å². The molecule has 0 amide bonds. The molecule has 1 aliphatic rings. The van der Waals surface area contributed by atoms with Crippen LogP contribution in [0.5, 0.6) is 0 Å². The first-order chi connectivity index (χ1) is 15.6. The van der Waals surface area contributed by atoms with Crippen molar-refractivity contribution in [2.45, 2.75) is 19.2 Å². The molecule has 3 aromatic carbocycles. The number of carbonyl (C=O) groups is 1. The molecule has 1 aliphatic heterocycles. The van der Waals surface area contributed by atoms with E-state index in [0.717, 1.165) is 5.56 Å². The average molecular weight is 448 g/mol. The quantitative estimate of drug-likeness (QED) is 0.304.